The van der Waals surface area contributed by atoms with Crippen LogP contribution in [0.25, 0.3) is 0 Å². The van der Waals surface area contributed by atoms with Gasteiger partial charge in [-0.3, -0.25) is 9.59 Å². The molecule has 68 heavy (non-hydrogen) atoms. The van der Waals surface area contributed by atoms with E-state index in [2.05, 4.69) is 34.3 Å². The van der Waals surface area contributed by atoms with E-state index in [1.165, 1.54) is 6.92 Å². The van der Waals surface area contributed by atoms with Gasteiger partial charge >= 0.3 is 11.9 Å². The van der Waals surface area contributed by atoms with E-state index in [1.54, 1.807) is 6.92 Å². The van der Waals surface area contributed by atoms with Gasteiger partial charge in [0.15, 0.2) is 12.6 Å². The quantitative estimate of drug-likeness (QED) is 0.105. The van der Waals surface area contributed by atoms with Crippen molar-refractivity contribution in [1.82, 2.24) is 0 Å². The van der Waals surface area contributed by atoms with Crippen molar-refractivity contribution in [3.8, 4) is 0 Å². The predicted octanol–water partition coefficient (Wildman–Crippen LogP) is 0.479. The number of ether oxygens (including phenoxy) is 6. The molecule has 0 aromatic heterocycles. The van der Waals surface area contributed by atoms with Crippen molar-refractivity contribution in [3.63, 3.8) is 0 Å². The molecule has 0 bridgehead atoms. The topological polar surface area (TPSA) is 312 Å². The van der Waals surface area contributed by atoms with Gasteiger partial charge in [0.25, 0.3) is 0 Å². The number of fused-ring (bicyclic) bond motifs is 7. The lowest BCUT2D eigenvalue weighted by molar-refractivity contribution is -0.361. The number of hydrogen-bond donors (Lipinski definition) is 11. The zero-order chi connectivity index (χ0) is 50.0. The number of carbonyl (C=O) groups is 2. The summed E-state index contributed by atoms with van der Waals surface area (Å²) in [5.74, 6) is -1.63. The van der Waals surface area contributed by atoms with Gasteiger partial charge in [0.05, 0.1) is 36.3 Å². The van der Waals surface area contributed by atoms with E-state index in [9.17, 15) is 61.0 Å². The number of aliphatic hydroxyl groups is 10. The van der Waals surface area contributed by atoms with Crippen molar-refractivity contribution in [2.24, 2.45) is 56.2 Å². The average molecular weight is 971 g/mol. The van der Waals surface area contributed by atoms with Crippen molar-refractivity contribution in [2.45, 2.75) is 211 Å². The Morgan fingerprint density at radius 1 is 0.632 bits per heavy atom. The van der Waals surface area contributed by atoms with Crippen molar-refractivity contribution >= 4 is 11.9 Å². The molecule has 8 fully saturated rings. The van der Waals surface area contributed by atoms with Crippen LogP contribution in [0.5, 0.6) is 0 Å². The zero-order valence-electron chi connectivity index (χ0n) is 40.4. The van der Waals surface area contributed by atoms with Crippen molar-refractivity contribution in [2.75, 3.05) is 13.2 Å². The molecule has 388 valence electrons. The smallest absolute Gasteiger partial charge is 0.315 e. The van der Waals surface area contributed by atoms with Crippen LogP contribution in [0.1, 0.15) is 113 Å². The molecular formula is C49H78O19. The minimum absolute atomic E-state index is 0.0148. The number of aliphatic hydroxyl groups excluding tert-OH is 10. The normalized spacial score (nSPS) is 55.8. The zero-order valence-corrected chi connectivity index (χ0v) is 40.4. The third-order valence-corrected chi connectivity index (χ3v) is 20.6. The second-order valence-corrected chi connectivity index (χ2v) is 23.3. The largest absolute Gasteiger partial charge is 0.481 e. The SMILES string of the molecule is C=C(C)[C@@H]1CC[C@]2(C(=O)O[C@@H]3O[C@H](CO[C@@H]4O[C@H](CO)[C@@H](O[C@@H]5O[C@@H](C)[C@H](O)[C@@H](O)[C@H]5O)[C@H](O)[C@H]4O)[C@@H](O)[C@H](O)[C@H]3O)CC[C@]3(C)[C@H](CC[C@@H]4[C@@]5(C)CC[C@@H](O)[C@@](C)(C(=O)O)[C@@H]5CC[C@]43C)[C@@]12C. The number of carbonyl (C=O) groups excluding carboxylic acids is 1. The highest BCUT2D eigenvalue weighted by atomic mass is 16.8. The first-order valence-electron chi connectivity index (χ1n) is 24.8. The molecule has 8 aliphatic rings. The van der Waals surface area contributed by atoms with Gasteiger partial charge in [-0.25, -0.2) is 0 Å². The number of esters is 1. The van der Waals surface area contributed by atoms with Crippen LogP contribution in [0.3, 0.4) is 0 Å². The summed E-state index contributed by atoms with van der Waals surface area (Å²) in [5.41, 5.74) is -2.87. The molecule has 0 aromatic carbocycles. The maximum absolute atomic E-state index is 15.2. The number of hydrogen-bond acceptors (Lipinski definition) is 18. The Kier molecular flexibility index (Phi) is 14.0. The van der Waals surface area contributed by atoms with Crippen LogP contribution in [0.2, 0.25) is 0 Å². The summed E-state index contributed by atoms with van der Waals surface area (Å²) < 4.78 is 34.8. The number of rotatable bonds is 10. The van der Waals surface area contributed by atoms with E-state index in [0.29, 0.717) is 38.5 Å². The number of carboxylic acid groups (broad SMARTS) is 1. The first-order valence-corrected chi connectivity index (χ1v) is 24.8. The minimum Gasteiger partial charge on any atom is -0.481 e. The van der Waals surface area contributed by atoms with Gasteiger partial charge in [0.1, 0.15) is 67.1 Å². The second-order valence-electron chi connectivity index (χ2n) is 23.3. The monoisotopic (exact) mass is 971 g/mol. The van der Waals surface area contributed by atoms with E-state index >= 15 is 4.79 Å². The molecule has 3 heterocycles. The second kappa shape index (κ2) is 18.2. The highest BCUT2D eigenvalue weighted by Gasteiger charge is 2.77. The van der Waals surface area contributed by atoms with Crippen molar-refractivity contribution < 1.29 is 94.2 Å². The maximum atomic E-state index is 15.2. The van der Waals surface area contributed by atoms with Crippen LogP contribution >= 0.6 is 0 Å². The maximum Gasteiger partial charge on any atom is 0.315 e. The molecular weight excluding hydrogens is 893 g/mol. The van der Waals surface area contributed by atoms with Crippen molar-refractivity contribution in [3.05, 3.63) is 12.2 Å². The summed E-state index contributed by atoms with van der Waals surface area (Å²) in [6.45, 7) is 17.3. The Bertz CT molecular complexity index is 1900. The van der Waals surface area contributed by atoms with Gasteiger partial charge in [-0.2, -0.15) is 0 Å². The Balaban J connectivity index is 0.987. The Morgan fingerprint density at radius 2 is 1.24 bits per heavy atom. The summed E-state index contributed by atoms with van der Waals surface area (Å²) in [5, 5.41) is 118. The average Bonchev–Trinajstić information content (AvgIpc) is 3.62. The fourth-order valence-corrected chi connectivity index (χ4v) is 16.4. The molecule has 26 atom stereocenters. The van der Waals surface area contributed by atoms with Crippen LogP contribution in [0, 0.1) is 56.2 Å². The van der Waals surface area contributed by atoms with Crippen LogP contribution in [0.4, 0.5) is 0 Å². The molecule has 0 spiro atoms. The molecule has 19 nitrogen and oxygen atoms in total. The number of carboxylic acids is 1. The lowest BCUT2D eigenvalue weighted by Crippen LogP contribution is -2.70. The molecule has 3 aliphatic heterocycles. The Morgan fingerprint density at radius 3 is 1.88 bits per heavy atom. The van der Waals surface area contributed by atoms with Crippen LogP contribution in [0.15, 0.2) is 12.2 Å². The third kappa shape index (κ3) is 7.44. The lowest BCUT2D eigenvalue weighted by Gasteiger charge is -2.74. The van der Waals surface area contributed by atoms with E-state index in [-0.39, 0.29) is 39.9 Å². The Hall–Kier alpha value is -1.92. The third-order valence-electron chi connectivity index (χ3n) is 20.6. The summed E-state index contributed by atoms with van der Waals surface area (Å²) in [6.07, 6.45) is -18.9. The summed E-state index contributed by atoms with van der Waals surface area (Å²) >= 11 is 0. The molecule has 0 aromatic rings. The summed E-state index contributed by atoms with van der Waals surface area (Å²) in [7, 11) is 0. The molecule has 8 rings (SSSR count). The molecule has 0 radical (unpaired) electrons. The molecule has 19 heteroatoms. The van der Waals surface area contributed by atoms with Crippen LogP contribution in [-0.4, -0.2) is 180 Å². The highest BCUT2D eigenvalue weighted by molar-refractivity contribution is 5.79. The van der Waals surface area contributed by atoms with Crippen LogP contribution in [-0.2, 0) is 38.0 Å². The summed E-state index contributed by atoms with van der Waals surface area (Å²) in [6, 6.07) is 0. The fraction of sp³-hybridized carbons (Fsp3) is 0.918. The number of aliphatic carboxylic acids is 1. The highest BCUT2D eigenvalue weighted by Crippen LogP contribution is 2.80. The van der Waals surface area contributed by atoms with Crippen molar-refractivity contribution in [1.29, 1.82) is 0 Å². The van der Waals surface area contributed by atoms with Gasteiger partial charge in [0.2, 0.25) is 6.29 Å². The molecule has 5 aliphatic carbocycles. The standard InChI is InChI=1S/C49H78O19/c1-21(2)23-11-16-49(18-17-46(6)28(48(23,49)8)10-9-26-44(4)14-13-29(51)47(7,42(60)61)27(44)12-15-45(26,46)5)43(62)68-41-36(58)33(55)31(53)25(66-41)20-63-39-37(59)34(56)38(24(19-50)65-39)67-40-35(57)32(54)30(52)22(3)64-40/h22-41,50-59H,1,9-20H2,2-8H3,(H,60,61)/t22-,23-,24+,25+,26+,27+,28-,29+,30-,31+,32+,33-,34+,35+,36+,37+,38+,39+,40-,41-,44+,45+,46+,47-,48+,49+/m0/s1. The van der Waals surface area contributed by atoms with Gasteiger partial charge in [-0.1, -0.05) is 39.8 Å². The molecule has 0 unspecified atom stereocenters. The van der Waals surface area contributed by atoms with Crippen LogP contribution < -0.4 is 0 Å². The molecule has 3 saturated heterocycles. The fourth-order valence-electron chi connectivity index (χ4n) is 16.4. The van der Waals surface area contributed by atoms with E-state index in [1.807, 2.05) is 6.92 Å². The predicted molar refractivity (Wildman–Crippen MR) is 235 cm³/mol. The minimum atomic E-state index is -1.88. The van der Waals surface area contributed by atoms with E-state index < -0.39 is 140 Å². The first kappa shape index (κ1) is 52.4. The molecule has 0 amide bonds. The summed E-state index contributed by atoms with van der Waals surface area (Å²) in [4.78, 5) is 28.1. The lowest BCUT2D eigenvalue weighted by atomic mass is 9.30. The number of allylic oxidation sites excluding steroid dienone is 1. The van der Waals surface area contributed by atoms with E-state index in [4.69, 9.17) is 28.4 Å². The Labute approximate surface area is 397 Å². The van der Waals surface area contributed by atoms with Gasteiger partial charge < -0.3 is 84.6 Å². The first-order chi connectivity index (χ1) is 31.7. The van der Waals surface area contributed by atoms with Gasteiger partial charge in [0, 0.05) is 0 Å². The molecule has 5 saturated carbocycles. The van der Waals surface area contributed by atoms with E-state index in [0.717, 1.165) is 31.3 Å². The molecule has 11 N–H and O–H groups in total. The van der Waals surface area contributed by atoms with Gasteiger partial charge in [-0.15, -0.1) is 0 Å². The van der Waals surface area contributed by atoms with Gasteiger partial charge in [-0.05, 0) is 130 Å².